The zero-order chi connectivity index (χ0) is 26.6. The standard InChI is InChI=1S/C34H50N2O2/c1-3-5-7-8-9-11-27-14-18-30(19-15-27)34(37)38-32-22-20-29(21-23-32)33-35-24-31(25-36-33)28-16-12-26(13-17-28)10-6-4-2/h20-28,30H,3-19H2,1-2H3. The molecule has 2 saturated carbocycles. The molecule has 208 valence electrons. The maximum Gasteiger partial charge on any atom is 0.314 e. The van der Waals surface area contributed by atoms with Crippen LogP contribution in [0, 0.1) is 17.8 Å². The Labute approximate surface area is 231 Å². The maximum atomic E-state index is 12.8. The van der Waals surface area contributed by atoms with Crippen molar-refractivity contribution in [3.8, 4) is 17.1 Å². The monoisotopic (exact) mass is 518 g/mol. The van der Waals surface area contributed by atoms with Gasteiger partial charge in [0.1, 0.15) is 5.75 Å². The highest BCUT2D eigenvalue weighted by molar-refractivity contribution is 5.75. The average molecular weight is 519 g/mol. The van der Waals surface area contributed by atoms with Crippen LogP contribution in [0.25, 0.3) is 11.4 Å². The second-order valence-corrected chi connectivity index (χ2v) is 12.1. The van der Waals surface area contributed by atoms with Gasteiger partial charge in [-0.25, -0.2) is 9.97 Å². The van der Waals surface area contributed by atoms with Crippen molar-refractivity contribution in [1.82, 2.24) is 9.97 Å². The van der Waals surface area contributed by atoms with Gasteiger partial charge in [0.05, 0.1) is 5.92 Å². The van der Waals surface area contributed by atoms with Crippen molar-refractivity contribution in [2.24, 2.45) is 17.8 Å². The van der Waals surface area contributed by atoms with Gasteiger partial charge in [0, 0.05) is 18.0 Å². The normalized spacial score (nSPS) is 23.7. The van der Waals surface area contributed by atoms with Gasteiger partial charge >= 0.3 is 5.97 Å². The van der Waals surface area contributed by atoms with Gasteiger partial charge in [-0.2, -0.15) is 0 Å². The second-order valence-electron chi connectivity index (χ2n) is 12.1. The number of aromatic nitrogens is 2. The molecule has 2 aliphatic rings. The Balaban J connectivity index is 1.20. The third kappa shape index (κ3) is 8.64. The van der Waals surface area contributed by atoms with E-state index >= 15 is 0 Å². The number of carbonyl (C=O) groups excluding carboxylic acids is 1. The summed E-state index contributed by atoms with van der Waals surface area (Å²) in [5, 5.41) is 0. The first-order valence-corrected chi connectivity index (χ1v) is 15.8. The molecule has 0 bridgehead atoms. The van der Waals surface area contributed by atoms with Crippen molar-refractivity contribution in [1.29, 1.82) is 0 Å². The lowest BCUT2D eigenvalue weighted by atomic mass is 9.78. The summed E-state index contributed by atoms with van der Waals surface area (Å²) < 4.78 is 5.76. The van der Waals surface area contributed by atoms with E-state index in [2.05, 4.69) is 23.8 Å². The first-order chi connectivity index (χ1) is 18.7. The number of rotatable bonds is 13. The molecule has 0 radical (unpaired) electrons. The van der Waals surface area contributed by atoms with E-state index < -0.39 is 0 Å². The molecule has 0 aliphatic heterocycles. The molecule has 0 spiro atoms. The molecule has 2 fully saturated rings. The summed E-state index contributed by atoms with van der Waals surface area (Å²) in [5.41, 5.74) is 2.23. The third-order valence-corrected chi connectivity index (χ3v) is 9.18. The van der Waals surface area contributed by atoms with Crippen LogP contribution >= 0.6 is 0 Å². The van der Waals surface area contributed by atoms with Crippen LogP contribution in [0.4, 0.5) is 0 Å². The fraction of sp³-hybridized carbons (Fsp3) is 0.676. The Kier molecular flexibility index (Phi) is 11.6. The van der Waals surface area contributed by atoms with E-state index in [1.807, 2.05) is 36.7 Å². The molecule has 1 heterocycles. The van der Waals surface area contributed by atoms with Gasteiger partial charge in [0.25, 0.3) is 0 Å². The Morgan fingerprint density at radius 3 is 1.95 bits per heavy atom. The molecule has 4 rings (SSSR count). The van der Waals surface area contributed by atoms with Gasteiger partial charge in [0.2, 0.25) is 0 Å². The first kappa shape index (κ1) is 28.8. The summed E-state index contributed by atoms with van der Waals surface area (Å²) in [6.07, 6.45) is 25.7. The van der Waals surface area contributed by atoms with Crippen LogP contribution in [0.2, 0.25) is 0 Å². The van der Waals surface area contributed by atoms with Crippen LogP contribution in [0.3, 0.4) is 0 Å². The molecule has 0 unspecified atom stereocenters. The van der Waals surface area contributed by atoms with E-state index in [0.717, 1.165) is 36.1 Å². The van der Waals surface area contributed by atoms with E-state index in [1.165, 1.54) is 102 Å². The van der Waals surface area contributed by atoms with Crippen molar-refractivity contribution in [3.63, 3.8) is 0 Å². The average Bonchev–Trinajstić information content (AvgIpc) is 2.97. The summed E-state index contributed by atoms with van der Waals surface area (Å²) in [4.78, 5) is 22.1. The molecule has 0 atom stereocenters. The molecule has 1 aromatic heterocycles. The molecular formula is C34H50N2O2. The predicted molar refractivity (Wildman–Crippen MR) is 156 cm³/mol. The van der Waals surface area contributed by atoms with E-state index in [9.17, 15) is 4.79 Å². The van der Waals surface area contributed by atoms with Crippen molar-refractivity contribution in [3.05, 3.63) is 42.2 Å². The lowest BCUT2D eigenvalue weighted by molar-refractivity contribution is -0.140. The number of hydrogen-bond donors (Lipinski definition) is 0. The minimum Gasteiger partial charge on any atom is -0.426 e. The summed E-state index contributed by atoms with van der Waals surface area (Å²) in [7, 11) is 0. The van der Waals surface area contributed by atoms with Crippen LogP contribution in [-0.4, -0.2) is 15.9 Å². The third-order valence-electron chi connectivity index (χ3n) is 9.18. The Bertz CT molecular complexity index is 939. The Morgan fingerprint density at radius 2 is 1.32 bits per heavy atom. The SMILES string of the molecule is CCCCCCCC1CCC(C(=O)Oc2ccc(-c3ncc(C4CCC(CCCC)CC4)cn3)cc2)CC1. The van der Waals surface area contributed by atoms with E-state index in [4.69, 9.17) is 4.74 Å². The second kappa shape index (κ2) is 15.4. The number of ether oxygens (including phenoxy) is 1. The molecule has 0 N–H and O–H groups in total. The molecule has 2 aliphatic carbocycles. The summed E-state index contributed by atoms with van der Waals surface area (Å²) >= 11 is 0. The molecular weight excluding hydrogens is 468 g/mol. The van der Waals surface area contributed by atoms with Crippen LogP contribution in [0.1, 0.15) is 134 Å². The van der Waals surface area contributed by atoms with E-state index in [0.29, 0.717) is 11.7 Å². The molecule has 1 aromatic carbocycles. The summed E-state index contributed by atoms with van der Waals surface area (Å²) in [6, 6.07) is 7.69. The molecule has 38 heavy (non-hydrogen) atoms. The number of nitrogens with zero attached hydrogens (tertiary/aromatic N) is 2. The highest BCUT2D eigenvalue weighted by Crippen LogP contribution is 2.37. The largest absolute Gasteiger partial charge is 0.426 e. The minimum absolute atomic E-state index is 0.0450. The Hall–Kier alpha value is -2.23. The maximum absolute atomic E-state index is 12.8. The van der Waals surface area contributed by atoms with Crippen LogP contribution in [0.15, 0.2) is 36.7 Å². The van der Waals surface area contributed by atoms with Crippen molar-refractivity contribution in [2.45, 2.75) is 129 Å². The van der Waals surface area contributed by atoms with Crippen molar-refractivity contribution >= 4 is 5.97 Å². The number of benzene rings is 1. The van der Waals surface area contributed by atoms with E-state index in [1.54, 1.807) is 0 Å². The van der Waals surface area contributed by atoms with Gasteiger partial charge in [-0.1, -0.05) is 71.6 Å². The zero-order valence-electron chi connectivity index (χ0n) is 24.0. The molecule has 4 nitrogen and oxygen atoms in total. The Morgan fingerprint density at radius 1 is 0.737 bits per heavy atom. The smallest absolute Gasteiger partial charge is 0.314 e. The van der Waals surface area contributed by atoms with E-state index in [-0.39, 0.29) is 11.9 Å². The van der Waals surface area contributed by atoms with Gasteiger partial charge in [-0.15, -0.1) is 0 Å². The number of hydrogen-bond acceptors (Lipinski definition) is 4. The first-order valence-electron chi connectivity index (χ1n) is 15.8. The van der Waals surface area contributed by atoms with Gasteiger partial charge in [0.15, 0.2) is 5.82 Å². The highest BCUT2D eigenvalue weighted by atomic mass is 16.5. The van der Waals surface area contributed by atoms with Crippen LogP contribution in [0.5, 0.6) is 5.75 Å². The molecule has 2 aromatic rings. The summed E-state index contributed by atoms with van der Waals surface area (Å²) in [6.45, 7) is 4.55. The number of esters is 1. The topological polar surface area (TPSA) is 52.1 Å². The number of carbonyl (C=O) groups is 1. The fourth-order valence-electron chi connectivity index (χ4n) is 6.57. The molecule has 4 heteroatoms. The fourth-order valence-corrected chi connectivity index (χ4v) is 6.57. The van der Waals surface area contributed by atoms with Gasteiger partial charge in [-0.05, 0) is 98.9 Å². The van der Waals surface area contributed by atoms with Crippen molar-refractivity contribution < 1.29 is 9.53 Å². The lowest BCUT2D eigenvalue weighted by Crippen LogP contribution is -2.25. The predicted octanol–water partition coefficient (Wildman–Crippen LogP) is 9.68. The molecule has 0 amide bonds. The van der Waals surface area contributed by atoms with Crippen molar-refractivity contribution in [2.75, 3.05) is 0 Å². The lowest BCUT2D eigenvalue weighted by Gasteiger charge is -2.28. The van der Waals surface area contributed by atoms with Gasteiger partial charge in [-0.3, -0.25) is 4.79 Å². The number of unbranched alkanes of at least 4 members (excludes halogenated alkanes) is 5. The molecule has 0 saturated heterocycles. The van der Waals surface area contributed by atoms with Gasteiger partial charge < -0.3 is 4.74 Å². The minimum atomic E-state index is -0.0656. The van der Waals surface area contributed by atoms with Crippen LogP contribution in [-0.2, 0) is 4.79 Å². The zero-order valence-corrected chi connectivity index (χ0v) is 24.0. The highest BCUT2D eigenvalue weighted by Gasteiger charge is 2.27. The quantitative estimate of drug-likeness (QED) is 0.150. The van der Waals surface area contributed by atoms with Crippen LogP contribution < -0.4 is 4.74 Å². The summed E-state index contributed by atoms with van der Waals surface area (Å²) in [5.74, 6) is 3.65.